The molecule has 2 aliphatic rings. The Kier molecular flexibility index (Phi) is 5.10. The number of amides is 2. The summed E-state index contributed by atoms with van der Waals surface area (Å²) >= 11 is 0. The maximum Gasteiger partial charge on any atom is 0.261 e. The minimum Gasteiger partial charge on any atom is -0.317 e. The number of carbonyl (C=O) groups excluding carboxylic acids is 2. The number of hydrogen-bond acceptors (Lipinski definition) is 5. The van der Waals surface area contributed by atoms with Gasteiger partial charge in [0.1, 0.15) is 0 Å². The van der Waals surface area contributed by atoms with Gasteiger partial charge in [0.25, 0.3) is 11.8 Å². The van der Waals surface area contributed by atoms with Crippen LogP contribution in [0.25, 0.3) is 0 Å². The van der Waals surface area contributed by atoms with Crippen molar-refractivity contribution < 1.29 is 18.0 Å². The summed E-state index contributed by atoms with van der Waals surface area (Å²) in [4.78, 5) is 24.8. The van der Waals surface area contributed by atoms with E-state index in [1.54, 1.807) is 0 Å². The van der Waals surface area contributed by atoms with Gasteiger partial charge < -0.3 is 5.32 Å². The molecule has 0 bridgehead atoms. The Morgan fingerprint density at radius 2 is 1.74 bits per heavy atom. The standard InChI is InChI=1S/C14H17N3O4S.ClH/c1-17-13(18)11-3-2-10(8-12(11)14(17)19)22(20,21)16-9-4-6-15-7-5-9;/h2-3,8-9,15-16H,4-7H2,1H3;1H. The molecule has 0 aliphatic carbocycles. The van der Waals surface area contributed by atoms with E-state index >= 15 is 0 Å². The van der Waals surface area contributed by atoms with Crippen molar-refractivity contribution in [3.8, 4) is 0 Å². The number of rotatable bonds is 3. The van der Waals surface area contributed by atoms with Crippen LogP contribution in [0.4, 0.5) is 0 Å². The molecule has 1 aromatic rings. The van der Waals surface area contributed by atoms with E-state index in [1.165, 1.54) is 25.2 Å². The fourth-order valence-corrected chi connectivity index (χ4v) is 4.07. The Hall–Kier alpha value is -1.48. The molecule has 9 heteroatoms. The molecule has 0 radical (unpaired) electrons. The van der Waals surface area contributed by atoms with Gasteiger partial charge in [-0.1, -0.05) is 0 Å². The monoisotopic (exact) mass is 359 g/mol. The molecule has 23 heavy (non-hydrogen) atoms. The number of benzene rings is 1. The number of piperidine rings is 1. The number of carbonyl (C=O) groups is 2. The molecule has 126 valence electrons. The molecule has 1 saturated heterocycles. The minimum atomic E-state index is -3.70. The Bertz CT molecular complexity index is 744. The van der Waals surface area contributed by atoms with Crippen molar-refractivity contribution in [1.29, 1.82) is 0 Å². The number of imide groups is 1. The summed E-state index contributed by atoms with van der Waals surface area (Å²) < 4.78 is 27.5. The average molecular weight is 360 g/mol. The Balaban J connectivity index is 0.00000192. The maximum atomic E-state index is 12.4. The topological polar surface area (TPSA) is 95.6 Å². The minimum absolute atomic E-state index is 0. The van der Waals surface area contributed by atoms with E-state index in [2.05, 4.69) is 10.0 Å². The van der Waals surface area contributed by atoms with Gasteiger partial charge in [-0.05, 0) is 44.1 Å². The van der Waals surface area contributed by atoms with E-state index in [-0.39, 0.29) is 34.5 Å². The van der Waals surface area contributed by atoms with Crippen molar-refractivity contribution in [2.45, 2.75) is 23.8 Å². The fraction of sp³-hybridized carbons (Fsp3) is 0.429. The van der Waals surface area contributed by atoms with Crippen LogP contribution in [0, 0.1) is 0 Å². The van der Waals surface area contributed by atoms with Crippen molar-refractivity contribution in [2.75, 3.05) is 20.1 Å². The van der Waals surface area contributed by atoms with Gasteiger partial charge in [0, 0.05) is 13.1 Å². The molecule has 0 saturated carbocycles. The van der Waals surface area contributed by atoms with Crippen molar-refractivity contribution in [1.82, 2.24) is 14.9 Å². The van der Waals surface area contributed by atoms with Crippen LogP contribution >= 0.6 is 12.4 Å². The zero-order chi connectivity index (χ0) is 15.9. The molecule has 3 rings (SSSR count). The predicted molar refractivity (Wildman–Crippen MR) is 86.3 cm³/mol. The third-order valence-corrected chi connectivity index (χ3v) is 5.55. The molecule has 0 aromatic heterocycles. The van der Waals surface area contributed by atoms with E-state index in [0.717, 1.165) is 30.8 Å². The lowest BCUT2D eigenvalue weighted by molar-refractivity contribution is 0.0693. The second-order valence-electron chi connectivity index (χ2n) is 5.52. The quantitative estimate of drug-likeness (QED) is 0.760. The molecule has 2 N–H and O–H groups in total. The molecule has 0 unspecified atom stereocenters. The smallest absolute Gasteiger partial charge is 0.261 e. The lowest BCUT2D eigenvalue weighted by atomic mass is 10.1. The predicted octanol–water partition coefficient (Wildman–Crippen LogP) is 0.364. The summed E-state index contributed by atoms with van der Waals surface area (Å²) in [5, 5.41) is 3.17. The highest BCUT2D eigenvalue weighted by Gasteiger charge is 2.34. The second-order valence-corrected chi connectivity index (χ2v) is 7.24. The van der Waals surface area contributed by atoms with Crippen LogP contribution in [0.5, 0.6) is 0 Å². The molecule has 2 heterocycles. The zero-order valence-corrected chi connectivity index (χ0v) is 14.2. The number of hydrogen-bond donors (Lipinski definition) is 2. The molecule has 0 atom stereocenters. The van der Waals surface area contributed by atoms with Gasteiger partial charge in [-0.2, -0.15) is 0 Å². The highest BCUT2D eigenvalue weighted by Crippen LogP contribution is 2.24. The van der Waals surface area contributed by atoms with Crippen molar-refractivity contribution in [3.05, 3.63) is 29.3 Å². The first-order chi connectivity index (χ1) is 10.4. The molecule has 2 aliphatic heterocycles. The van der Waals surface area contributed by atoms with Crippen LogP contribution in [0.3, 0.4) is 0 Å². The van der Waals surface area contributed by atoms with Crippen LogP contribution in [0.15, 0.2) is 23.1 Å². The van der Waals surface area contributed by atoms with Crippen molar-refractivity contribution in [2.24, 2.45) is 0 Å². The van der Waals surface area contributed by atoms with E-state index in [0.29, 0.717) is 0 Å². The number of sulfonamides is 1. The average Bonchev–Trinajstić information content (AvgIpc) is 2.72. The third-order valence-electron chi connectivity index (χ3n) is 4.03. The number of nitrogens with zero attached hydrogens (tertiary/aromatic N) is 1. The van der Waals surface area contributed by atoms with E-state index in [4.69, 9.17) is 0 Å². The van der Waals surface area contributed by atoms with Crippen LogP contribution in [-0.4, -0.2) is 51.3 Å². The first-order valence-electron chi connectivity index (χ1n) is 7.09. The number of halogens is 1. The molecule has 2 amide bonds. The maximum absolute atomic E-state index is 12.4. The molecule has 1 fully saturated rings. The van der Waals surface area contributed by atoms with Crippen LogP contribution in [-0.2, 0) is 10.0 Å². The fourth-order valence-electron chi connectivity index (χ4n) is 2.73. The van der Waals surface area contributed by atoms with Gasteiger partial charge >= 0.3 is 0 Å². The Morgan fingerprint density at radius 1 is 1.13 bits per heavy atom. The summed E-state index contributed by atoms with van der Waals surface area (Å²) in [7, 11) is -2.32. The van der Waals surface area contributed by atoms with Gasteiger partial charge in [-0.25, -0.2) is 13.1 Å². The SMILES string of the molecule is CN1C(=O)c2ccc(S(=O)(=O)NC3CCNCC3)cc2C1=O.Cl. The summed E-state index contributed by atoms with van der Waals surface area (Å²) in [6.07, 6.45) is 1.45. The Morgan fingerprint density at radius 3 is 2.39 bits per heavy atom. The Labute approximate surface area is 140 Å². The largest absolute Gasteiger partial charge is 0.317 e. The van der Waals surface area contributed by atoms with Gasteiger partial charge in [0.15, 0.2) is 0 Å². The first kappa shape index (κ1) is 17.9. The summed E-state index contributed by atoms with van der Waals surface area (Å²) in [5.74, 6) is -0.880. The highest BCUT2D eigenvalue weighted by atomic mass is 35.5. The van der Waals surface area contributed by atoms with Gasteiger partial charge in [0.05, 0.1) is 16.0 Å². The van der Waals surface area contributed by atoms with Crippen LogP contribution in [0.2, 0.25) is 0 Å². The molecule has 1 aromatic carbocycles. The summed E-state index contributed by atoms with van der Waals surface area (Å²) in [6.45, 7) is 1.55. The van der Waals surface area contributed by atoms with E-state index < -0.39 is 21.8 Å². The van der Waals surface area contributed by atoms with E-state index in [9.17, 15) is 18.0 Å². The lowest BCUT2D eigenvalue weighted by Crippen LogP contribution is -2.42. The first-order valence-corrected chi connectivity index (χ1v) is 8.58. The number of nitrogens with one attached hydrogen (secondary N) is 2. The van der Waals surface area contributed by atoms with Gasteiger partial charge in [-0.15, -0.1) is 12.4 Å². The van der Waals surface area contributed by atoms with Crippen molar-refractivity contribution in [3.63, 3.8) is 0 Å². The lowest BCUT2D eigenvalue weighted by Gasteiger charge is -2.23. The van der Waals surface area contributed by atoms with Crippen molar-refractivity contribution >= 4 is 34.2 Å². The highest BCUT2D eigenvalue weighted by molar-refractivity contribution is 7.89. The van der Waals surface area contributed by atoms with Gasteiger partial charge in [0.2, 0.25) is 10.0 Å². The summed E-state index contributed by atoms with van der Waals surface area (Å²) in [6, 6.07) is 3.94. The molecular formula is C14H18ClN3O4S. The normalized spacial score (nSPS) is 18.7. The molecular weight excluding hydrogens is 342 g/mol. The zero-order valence-electron chi connectivity index (χ0n) is 12.5. The van der Waals surface area contributed by atoms with Gasteiger partial charge in [-0.3, -0.25) is 14.5 Å². The second kappa shape index (κ2) is 6.56. The molecule has 0 spiro atoms. The van der Waals surface area contributed by atoms with E-state index in [1.807, 2.05) is 0 Å². The number of fused-ring (bicyclic) bond motifs is 1. The summed E-state index contributed by atoms with van der Waals surface area (Å²) in [5.41, 5.74) is 0.383. The molecule has 7 nitrogen and oxygen atoms in total. The van der Waals surface area contributed by atoms with Crippen LogP contribution in [0.1, 0.15) is 33.6 Å². The third kappa shape index (κ3) is 3.25. The van der Waals surface area contributed by atoms with Crippen LogP contribution < -0.4 is 10.0 Å².